The van der Waals surface area contributed by atoms with Crippen molar-refractivity contribution in [2.24, 2.45) is 28.5 Å². The molecule has 34 heavy (non-hydrogen) atoms. The molecule has 1 aliphatic heterocycles. The maximum Gasteiger partial charge on any atom is 0.257 e. The standard InChI is InChI=1S/C28H41N3O3/c1-31-26(33)28(30-27(31)29,16-15-20-7-4-3-5-8-20)19-22-10-6-9-21(17-22)18-25(32)23-11-13-24(34-2)14-12-23/h11-14,20-22H,3-10,15-19H2,1-2H3,(H2,29,30)/t21-,22+,28-/m1/s1. The predicted molar refractivity (Wildman–Crippen MR) is 135 cm³/mol. The topological polar surface area (TPSA) is 85.0 Å². The van der Waals surface area contributed by atoms with Crippen LogP contribution in [-0.4, -0.2) is 42.2 Å². The van der Waals surface area contributed by atoms with Crippen molar-refractivity contribution in [3.8, 4) is 5.75 Å². The van der Waals surface area contributed by atoms with E-state index in [0.717, 1.165) is 56.3 Å². The van der Waals surface area contributed by atoms with Gasteiger partial charge in [0.2, 0.25) is 0 Å². The fraction of sp³-hybridized carbons (Fsp3) is 0.679. The first-order chi connectivity index (χ1) is 16.4. The zero-order valence-electron chi connectivity index (χ0n) is 20.9. The summed E-state index contributed by atoms with van der Waals surface area (Å²) in [5, 5.41) is 0. The number of hydrogen-bond donors (Lipinski definition) is 1. The number of amides is 1. The number of guanidine groups is 1. The van der Waals surface area contributed by atoms with Crippen molar-refractivity contribution in [1.29, 1.82) is 0 Å². The van der Waals surface area contributed by atoms with Crippen LogP contribution in [0.1, 0.15) is 93.8 Å². The van der Waals surface area contributed by atoms with E-state index in [1.807, 2.05) is 24.3 Å². The second kappa shape index (κ2) is 10.9. The lowest BCUT2D eigenvalue weighted by Crippen LogP contribution is -2.44. The summed E-state index contributed by atoms with van der Waals surface area (Å²) in [6.45, 7) is 0. The van der Waals surface area contributed by atoms with Crippen molar-refractivity contribution in [2.75, 3.05) is 14.2 Å². The zero-order chi connectivity index (χ0) is 24.1. The number of Topliss-reactive ketones (excluding diaryl/α,β-unsaturated/α-hetero) is 1. The molecule has 0 bridgehead atoms. The van der Waals surface area contributed by atoms with E-state index in [4.69, 9.17) is 15.5 Å². The van der Waals surface area contributed by atoms with E-state index in [-0.39, 0.29) is 11.7 Å². The van der Waals surface area contributed by atoms with Gasteiger partial charge in [0, 0.05) is 19.0 Å². The highest BCUT2D eigenvalue weighted by Gasteiger charge is 2.48. The number of benzene rings is 1. The first-order valence-electron chi connectivity index (χ1n) is 13.2. The summed E-state index contributed by atoms with van der Waals surface area (Å²) in [6, 6.07) is 7.40. The van der Waals surface area contributed by atoms with Gasteiger partial charge < -0.3 is 10.5 Å². The normalized spacial score (nSPS) is 28.1. The summed E-state index contributed by atoms with van der Waals surface area (Å²) in [5.74, 6) is 2.85. The molecule has 3 atom stereocenters. The van der Waals surface area contributed by atoms with Gasteiger partial charge in [-0.1, -0.05) is 44.9 Å². The van der Waals surface area contributed by atoms with Crippen LogP contribution >= 0.6 is 0 Å². The van der Waals surface area contributed by atoms with Gasteiger partial charge in [-0.3, -0.25) is 14.5 Å². The van der Waals surface area contributed by atoms with Crippen LogP contribution in [-0.2, 0) is 4.79 Å². The minimum Gasteiger partial charge on any atom is -0.497 e. The molecule has 1 aromatic rings. The smallest absolute Gasteiger partial charge is 0.257 e. The number of carbonyl (C=O) groups excluding carboxylic acids is 2. The van der Waals surface area contributed by atoms with E-state index >= 15 is 0 Å². The molecule has 3 aliphatic rings. The molecule has 6 heteroatoms. The summed E-state index contributed by atoms with van der Waals surface area (Å²) in [6.07, 6.45) is 14.0. The molecule has 2 aliphatic carbocycles. The Bertz CT molecular complexity index is 891. The van der Waals surface area contributed by atoms with E-state index < -0.39 is 5.54 Å². The number of nitrogens with two attached hydrogens (primary N) is 1. The van der Waals surface area contributed by atoms with Crippen LogP contribution in [0.3, 0.4) is 0 Å². The molecule has 6 nitrogen and oxygen atoms in total. The van der Waals surface area contributed by atoms with E-state index in [0.29, 0.717) is 30.1 Å². The van der Waals surface area contributed by atoms with Gasteiger partial charge in [0.15, 0.2) is 11.7 Å². The summed E-state index contributed by atoms with van der Waals surface area (Å²) >= 11 is 0. The lowest BCUT2D eigenvalue weighted by atomic mass is 9.71. The molecule has 4 rings (SSSR count). The van der Waals surface area contributed by atoms with Crippen LogP contribution in [0.25, 0.3) is 0 Å². The minimum absolute atomic E-state index is 0.0669. The van der Waals surface area contributed by atoms with Crippen molar-refractivity contribution in [3.63, 3.8) is 0 Å². The number of ether oxygens (including phenoxy) is 1. The van der Waals surface area contributed by atoms with Crippen LogP contribution in [0.4, 0.5) is 0 Å². The van der Waals surface area contributed by atoms with Crippen LogP contribution in [0.5, 0.6) is 5.75 Å². The molecular formula is C28H41N3O3. The van der Waals surface area contributed by atoms with Gasteiger partial charge in [-0.25, -0.2) is 4.99 Å². The number of methoxy groups -OCH3 is 1. The van der Waals surface area contributed by atoms with Crippen molar-refractivity contribution in [3.05, 3.63) is 29.8 Å². The fourth-order valence-corrected chi connectivity index (χ4v) is 6.48. The largest absolute Gasteiger partial charge is 0.497 e. The maximum atomic E-state index is 13.3. The Morgan fingerprint density at radius 3 is 2.38 bits per heavy atom. The van der Waals surface area contributed by atoms with Gasteiger partial charge in [-0.05, 0) is 74.1 Å². The molecule has 1 heterocycles. The Morgan fingerprint density at radius 1 is 1.06 bits per heavy atom. The Balaban J connectivity index is 1.39. The van der Waals surface area contributed by atoms with E-state index in [1.165, 1.54) is 32.1 Å². The van der Waals surface area contributed by atoms with Crippen molar-refractivity contribution in [1.82, 2.24) is 4.90 Å². The van der Waals surface area contributed by atoms with Gasteiger partial charge in [0.25, 0.3) is 5.91 Å². The third-order valence-corrected chi connectivity index (χ3v) is 8.47. The lowest BCUT2D eigenvalue weighted by molar-refractivity contribution is -0.131. The number of rotatable bonds is 9. The SMILES string of the molecule is COc1ccc(C(=O)C[C@@H]2CCC[C@H](C[C@@]3(CCC4CCCCC4)N=C(N)N(C)C3=O)C2)cc1. The monoisotopic (exact) mass is 467 g/mol. The second-order valence-electron chi connectivity index (χ2n) is 10.9. The molecule has 2 N–H and O–H groups in total. The number of hydrogen-bond acceptors (Lipinski definition) is 5. The summed E-state index contributed by atoms with van der Waals surface area (Å²) in [5.41, 5.74) is 6.18. The molecule has 0 spiro atoms. The number of ketones is 1. The summed E-state index contributed by atoms with van der Waals surface area (Å²) in [7, 11) is 3.38. The quantitative estimate of drug-likeness (QED) is 0.496. The van der Waals surface area contributed by atoms with Crippen LogP contribution in [0.15, 0.2) is 29.3 Å². The molecule has 1 aromatic carbocycles. The summed E-state index contributed by atoms with van der Waals surface area (Å²) < 4.78 is 5.21. The Hall–Kier alpha value is -2.37. The predicted octanol–water partition coefficient (Wildman–Crippen LogP) is 5.35. The average Bonchev–Trinajstić information content (AvgIpc) is 3.07. The molecule has 0 radical (unpaired) electrons. The highest BCUT2D eigenvalue weighted by Crippen LogP contribution is 2.42. The number of carbonyl (C=O) groups is 2. The molecule has 186 valence electrons. The highest BCUT2D eigenvalue weighted by atomic mass is 16.5. The van der Waals surface area contributed by atoms with Gasteiger partial charge in [0.1, 0.15) is 11.3 Å². The molecule has 2 saturated carbocycles. The number of likely N-dealkylation sites (N-methyl/N-ethyl adjacent to an activating group) is 1. The highest BCUT2D eigenvalue weighted by molar-refractivity contribution is 6.06. The van der Waals surface area contributed by atoms with E-state index in [9.17, 15) is 9.59 Å². The lowest BCUT2D eigenvalue weighted by Gasteiger charge is -2.35. The molecule has 1 amide bonds. The zero-order valence-corrected chi connectivity index (χ0v) is 20.9. The Labute approximate surface area is 204 Å². The van der Waals surface area contributed by atoms with E-state index in [1.54, 1.807) is 19.1 Å². The van der Waals surface area contributed by atoms with E-state index in [2.05, 4.69) is 0 Å². The average molecular weight is 468 g/mol. The van der Waals surface area contributed by atoms with Gasteiger partial charge in [0.05, 0.1) is 7.11 Å². The molecular weight excluding hydrogens is 426 g/mol. The van der Waals surface area contributed by atoms with Crippen molar-refractivity contribution in [2.45, 2.75) is 89.0 Å². The first kappa shape index (κ1) is 24.7. The number of aliphatic imine (C=N–C) groups is 1. The van der Waals surface area contributed by atoms with Crippen molar-refractivity contribution < 1.29 is 14.3 Å². The molecule has 0 saturated heterocycles. The van der Waals surface area contributed by atoms with Gasteiger partial charge >= 0.3 is 0 Å². The molecule has 0 unspecified atom stereocenters. The Kier molecular flexibility index (Phi) is 7.95. The minimum atomic E-state index is -0.706. The Morgan fingerprint density at radius 2 is 1.74 bits per heavy atom. The van der Waals surface area contributed by atoms with Gasteiger partial charge in [-0.15, -0.1) is 0 Å². The fourth-order valence-electron chi connectivity index (χ4n) is 6.48. The third-order valence-electron chi connectivity index (χ3n) is 8.47. The summed E-state index contributed by atoms with van der Waals surface area (Å²) in [4.78, 5) is 32.6. The van der Waals surface area contributed by atoms with Crippen LogP contribution in [0, 0.1) is 17.8 Å². The molecule has 2 fully saturated rings. The number of nitrogens with zero attached hydrogens (tertiary/aromatic N) is 2. The van der Waals surface area contributed by atoms with Crippen molar-refractivity contribution >= 4 is 17.6 Å². The van der Waals surface area contributed by atoms with Gasteiger partial charge in [-0.2, -0.15) is 0 Å². The van der Waals surface area contributed by atoms with Crippen LogP contribution < -0.4 is 10.5 Å². The first-order valence-corrected chi connectivity index (χ1v) is 13.2. The maximum absolute atomic E-state index is 13.3. The third kappa shape index (κ3) is 5.64. The second-order valence-corrected chi connectivity index (χ2v) is 10.9. The van der Waals surface area contributed by atoms with Crippen LogP contribution in [0.2, 0.25) is 0 Å². The molecule has 0 aromatic heterocycles.